The molecule has 0 bridgehead atoms. The molecule has 1 aromatic carbocycles. The van der Waals surface area contributed by atoms with Crippen LogP contribution in [0.2, 0.25) is 0 Å². The number of fused-ring (bicyclic) bond motifs is 1. The number of aromatic nitrogens is 3. The first kappa shape index (κ1) is 16.5. The second kappa shape index (κ2) is 6.72. The Balaban J connectivity index is 1.66. The summed E-state index contributed by atoms with van der Waals surface area (Å²) in [5.41, 5.74) is 8.46. The Morgan fingerprint density at radius 3 is 2.65 bits per heavy atom. The van der Waals surface area contributed by atoms with Gasteiger partial charge in [-0.2, -0.15) is 0 Å². The Hall–Kier alpha value is -3.00. The Morgan fingerprint density at radius 1 is 1.23 bits per heavy atom. The zero-order valence-corrected chi connectivity index (χ0v) is 14.9. The van der Waals surface area contributed by atoms with Crippen molar-refractivity contribution in [3.8, 4) is 17.1 Å². The predicted octanol–water partition coefficient (Wildman–Crippen LogP) is 2.34. The smallest absolute Gasteiger partial charge is 0.221 e. The lowest BCUT2D eigenvalue weighted by molar-refractivity contribution is -0.121. The molecule has 1 aliphatic rings. The van der Waals surface area contributed by atoms with Gasteiger partial charge >= 0.3 is 0 Å². The van der Waals surface area contributed by atoms with Crippen molar-refractivity contribution in [1.29, 1.82) is 0 Å². The minimum absolute atomic E-state index is 0.0157. The number of thiazole rings is 1. The highest BCUT2D eigenvalue weighted by Gasteiger charge is 2.28. The molecule has 7 nitrogen and oxygen atoms in total. The number of carbonyl (C=O) groups excluding carboxylic acids is 1. The number of methoxy groups -OCH3 is 1. The SMILES string of the molecule is COc1ccc(-c2ncc([C@@H]3CC(=O)NCc4nc(N)sc43)cn2)cc1. The minimum Gasteiger partial charge on any atom is -0.497 e. The molecule has 0 aliphatic carbocycles. The summed E-state index contributed by atoms with van der Waals surface area (Å²) >= 11 is 1.42. The third kappa shape index (κ3) is 3.11. The summed E-state index contributed by atoms with van der Waals surface area (Å²) < 4.78 is 5.17. The number of amides is 1. The number of nitrogens with zero attached hydrogens (tertiary/aromatic N) is 3. The first-order chi connectivity index (χ1) is 12.6. The molecule has 1 amide bonds. The molecule has 4 rings (SSSR count). The molecule has 3 N–H and O–H groups in total. The maximum atomic E-state index is 12.0. The second-order valence-corrected chi connectivity index (χ2v) is 7.03. The highest BCUT2D eigenvalue weighted by Crippen LogP contribution is 2.37. The summed E-state index contributed by atoms with van der Waals surface area (Å²) in [6.07, 6.45) is 3.88. The van der Waals surface area contributed by atoms with E-state index in [0.29, 0.717) is 23.9 Å². The third-order valence-corrected chi connectivity index (χ3v) is 5.37. The van der Waals surface area contributed by atoms with E-state index in [4.69, 9.17) is 10.5 Å². The van der Waals surface area contributed by atoms with E-state index < -0.39 is 0 Å². The lowest BCUT2D eigenvalue weighted by atomic mass is 9.96. The van der Waals surface area contributed by atoms with Gasteiger partial charge in [-0.05, 0) is 29.8 Å². The van der Waals surface area contributed by atoms with E-state index >= 15 is 0 Å². The van der Waals surface area contributed by atoms with E-state index in [-0.39, 0.29) is 11.8 Å². The van der Waals surface area contributed by atoms with Gasteiger partial charge in [0.05, 0.1) is 19.3 Å². The normalized spacial score (nSPS) is 16.5. The van der Waals surface area contributed by atoms with Crippen LogP contribution >= 0.6 is 11.3 Å². The van der Waals surface area contributed by atoms with Crippen molar-refractivity contribution in [3.63, 3.8) is 0 Å². The van der Waals surface area contributed by atoms with Crippen molar-refractivity contribution >= 4 is 22.4 Å². The number of rotatable bonds is 3. The van der Waals surface area contributed by atoms with E-state index in [1.54, 1.807) is 19.5 Å². The lowest BCUT2D eigenvalue weighted by Gasteiger charge is -2.13. The van der Waals surface area contributed by atoms with Crippen molar-refractivity contribution in [1.82, 2.24) is 20.3 Å². The van der Waals surface area contributed by atoms with Crippen LogP contribution in [0.4, 0.5) is 5.13 Å². The average molecular weight is 367 g/mol. The van der Waals surface area contributed by atoms with E-state index in [2.05, 4.69) is 20.3 Å². The van der Waals surface area contributed by atoms with Crippen molar-refractivity contribution < 1.29 is 9.53 Å². The van der Waals surface area contributed by atoms with Crippen LogP contribution in [0.3, 0.4) is 0 Å². The zero-order chi connectivity index (χ0) is 18.1. The number of nitrogens with two attached hydrogens (primary N) is 1. The van der Waals surface area contributed by atoms with Gasteiger partial charge in [-0.1, -0.05) is 0 Å². The van der Waals surface area contributed by atoms with Gasteiger partial charge in [0.2, 0.25) is 5.91 Å². The largest absolute Gasteiger partial charge is 0.497 e. The Kier molecular flexibility index (Phi) is 4.26. The molecule has 3 aromatic rings. The van der Waals surface area contributed by atoms with Crippen LogP contribution in [0.25, 0.3) is 11.4 Å². The molecule has 8 heteroatoms. The van der Waals surface area contributed by atoms with Crippen LogP contribution in [0.1, 0.15) is 28.5 Å². The number of anilines is 1. The first-order valence-corrected chi connectivity index (χ1v) is 8.94. The van der Waals surface area contributed by atoms with Gasteiger partial charge in [0.1, 0.15) is 5.75 Å². The van der Waals surface area contributed by atoms with Gasteiger partial charge in [0, 0.05) is 35.2 Å². The maximum absolute atomic E-state index is 12.0. The number of carbonyl (C=O) groups is 1. The van der Waals surface area contributed by atoms with Crippen molar-refractivity contribution in [2.75, 3.05) is 12.8 Å². The molecule has 0 saturated heterocycles. The summed E-state index contributed by atoms with van der Waals surface area (Å²) in [4.78, 5) is 26.4. The summed E-state index contributed by atoms with van der Waals surface area (Å²) in [6.45, 7) is 0.406. The van der Waals surface area contributed by atoms with E-state index in [9.17, 15) is 4.79 Å². The van der Waals surface area contributed by atoms with Gasteiger partial charge in [0.25, 0.3) is 0 Å². The number of hydrogen-bond donors (Lipinski definition) is 2. The van der Waals surface area contributed by atoms with Crippen LogP contribution in [-0.4, -0.2) is 28.0 Å². The maximum Gasteiger partial charge on any atom is 0.221 e. The summed E-state index contributed by atoms with van der Waals surface area (Å²) in [5, 5.41) is 3.37. The first-order valence-electron chi connectivity index (χ1n) is 8.12. The molecule has 1 atom stereocenters. The summed E-state index contributed by atoms with van der Waals surface area (Å²) in [6, 6.07) is 7.56. The standard InChI is InChI=1S/C18H17N5O2S/c1-25-12-4-2-10(3-5-12)17-21-7-11(8-22-17)13-6-15(24)20-9-14-16(13)26-18(19)23-14/h2-5,7-8,13H,6,9H2,1H3,(H2,19,23)(H,20,24)/t13-/m0/s1. The third-order valence-electron chi connectivity index (χ3n) is 4.33. The minimum atomic E-state index is -0.132. The molecule has 0 radical (unpaired) electrons. The number of nitrogens with one attached hydrogen (secondary N) is 1. The number of nitrogen functional groups attached to an aromatic ring is 1. The molecule has 26 heavy (non-hydrogen) atoms. The van der Waals surface area contributed by atoms with Crippen LogP contribution in [0.15, 0.2) is 36.7 Å². The predicted molar refractivity (Wildman–Crippen MR) is 98.9 cm³/mol. The van der Waals surface area contributed by atoms with Crippen LogP contribution < -0.4 is 15.8 Å². The molecular weight excluding hydrogens is 350 g/mol. The Bertz CT molecular complexity index is 937. The molecular formula is C18H17N5O2S. The molecule has 0 fully saturated rings. The van der Waals surface area contributed by atoms with Crippen molar-refractivity contribution in [2.45, 2.75) is 18.9 Å². The van der Waals surface area contributed by atoms with Crippen molar-refractivity contribution in [3.05, 3.63) is 52.8 Å². The van der Waals surface area contributed by atoms with Gasteiger partial charge in [-0.3, -0.25) is 4.79 Å². The monoisotopic (exact) mass is 367 g/mol. The van der Waals surface area contributed by atoms with Crippen LogP contribution in [0.5, 0.6) is 5.75 Å². The number of hydrogen-bond acceptors (Lipinski definition) is 7. The fraction of sp³-hybridized carbons (Fsp3) is 0.222. The van der Waals surface area contributed by atoms with Gasteiger partial charge < -0.3 is 15.8 Å². The lowest BCUT2D eigenvalue weighted by Crippen LogP contribution is -2.21. The Labute approximate surface area is 154 Å². The fourth-order valence-corrected chi connectivity index (χ4v) is 3.97. The van der Waals surface area contributed by atoms with E-state index in [1.165, 1.54) is 11.3 Å². The van der Waals surface area contributed by atoms with Crippen LogP contribution in [-0.2, 0) is 11.3 Å². The average Bonchev–Trinajstić information content (AvgIpc) is 2.98. The van der Waals surface area contributed by atoms with Gasteiger partial charge in [-0.25, -0.2) is 15.0 Å². The van der Waals surface area contributed by atoms with Gasteiger partial charge in [-0.15, -0.1) is 11.3 Å². The van der Waals surface area contributed by atoms with E-state index in [0.717, 1.165) is 27.4 Å². The number of ether oxygens (including phenoxy) is 1. The molecule has 1 aliphatic heterocycles. The second-order valence-electron chi connectivity index (χ2n) is 5.96. The highest BCUT2D eigenvalue weighted by atomic mass is 32.1. The van der Waals surface area contributed by atoms with E-state index in [1.807, 2.05) is 24.3 Å². The van der Waals surface area contributed by atoms with Crippen molar-refractivity contribution in [2.24, 2.45) is 0 Å². The molecule has 0 unspecified atom stereocenters. The molecule has 0 saturated carbocycles. The summed E-state index contributed by atoms with van der Waals surface area (Å²) in [5.74, 6) is 1.26. The molecule has 0 spiro atoms. The molecule has 3 heterocycles. The van der Waals surface area contributed by atoms with Gasteiger partial charge in [0.15, 0.2) is 11.0 Å². The number of benzene rings is 1. The molecule has 2 aromatic heterocycles. The Morgan fingerprint density at radius 2 is 1.96 bits per heavy atom. The fourth-order valence-electron chi connectivity index (χ4n) is 2.99. The zero-order valence-electron chi connectivity index (χ0n) is 14.1. The molecule has 132 valence electrons. The quantitative estimate of drug-likeness (QED) is 0.736. The topological polar surface area (TPSA) is 103 Å². The van der Waals surface area contributed by atoms with Crippen LogP contribution in [0, 0.1) is 0 Å². The highest BCUT2D eigenvalue weighted by molar-refractivity contribution is 7.15. The summed E-state index contributed by atoms with van der Waals surface area (Å²) in [7, 11) is 1.63.